The summed E-state index contributed by atoms with van der Waals surface area (Å²) in [4.78, 5) is 22.0. The van der Waals surface area contributed by atoms with Crippen molar-refractivity contribution in [2.45, 2.75) is 70.8 Å². The van der Waals surface area contributed by atoms with E-state index in [-0.39, 0.29) is 24.0 Å². The molecule has 1 unspecified atom stereocenters. The van der Waals surface area contributed by atoms with Crippen molar-refractivity contribution in [2.24, 2.45) is 10.9 Å². The van der Waals surface area contributed by atoms with E-state index in [1.165, 1.54) is 51.7 Å². The van der Waals surface area contributed by atoms with E-state index in [1.54, 1.807) is 0 Å². The Morgan fingerprint density at radius 3 is 2.50 bits per heavy atom. The lowest BCUT2D eigenvalue weighted by Gasteiger charge is -2.21. The van der Waals surface area contributed by atoms with Crippen LogP contribution >= 0.6 is 24.0 Å². The summed E-state index contributed by atoms with van der Waals surface area (Å²) in [5.41, 5.74) is 0. The molecule has 0 aromatic carbocycles. The number of likely N-dealkylation sites (tertiary alicyclic amines) is 2. The van der Waals surface area contributed by atoms with Crippen molar-refractivity contribution < 1.29 is 4.79 Å². The van der Waals surface area contributed by atoms with Gasteiger partial charge in [0.25, 0.3) is 0 Å². The first-order chi connectivity index (χ1) is 13.3. The molecule has 2 N–H and O–H groups in total. The van der Waals surface area contributed by atoms with Crippen molar-refractivity contribution in [3.8, 4) is 0 Å². The highest BCUT2D eigenvalue weighted by Gasteiger charge is 2.32. The summed E-state index contributed by atoms with van der Waals surface area (Å²) in [5, 5.41) is 6.92. The van der Waals surface area contributed by atoms with Gasteiger partial charge in [-0.1, -0.05) is 12.8 Å². The molecule has 7 heteroatoms. The van der Waals surface area contributed by atoms with Crippen molar-refractivity contribution in [3.05, 3.63) is 0 Å². The standard InChI is InChI=1S/C21H39N5O.HI/c1-2-22-21(23-12-5-6-13-25-14-7-8-15-25)24-19-11-16-26(17-19)20(27)18-9-3-4-10-18;/h18-19H,2-17H2,1H3,(H2,22,23,24);1H. The number of carbonyl (C=O) groups is 1. The van der Waals surface area contributed by atoms with E-state index in [2.05, 4.69) is 27.4 Å². The summed E-state index contributed by atoms with van der Waals surface area (Å²) < 4.78 is 0. The largest absolute Gasteiger partial charge is 0.357 e. The van der Waals surface area contributed by atoms with Gasteiger partial charge in [-0.3, -0.25) is 9.79 Å². The number of halogens is 1. The minimum Gasteiger partial charge on any atom is -0.357 e. The molecule has 0 bridgehead atoms. The summed E-state index contributed by atoms with van der Waals surface area (Å²) in [7, 11) is 0. The van der Waals surface area contributed by atoms with Gasteiger partial charge in [0.05, 0.1) is 0 Å². The molecule has 1 atom stereocenters. The maximum Gasteiger partial charge on any atom is 0.225 e. The molecule has 3 aliphatic rings. The van der Waals surface area contributed by atoms with Crippen LogP contribution in [0.25, 0.3) is 0 Å². The number of aliphatic imine (C=N–C) groups is 1. The maximum absolute atomic E-state index is 12.6. The lowest BCUT2D eigenvalue weighted by atomic mass is 10.1. The molecule has 0 aromatic rings. The highest BCUT2D eigenvalue weighted by Crippen LogP contribution is 2.27. The van der Waals surface area contributed by atoms with E-state index in [0.717, 1.165) is 57.8 Å². The van der Waals surface area contributed by atoms with Gasteiger partial charge in [-0.05, 0) is 71.5 Å². The summed E-state index contributed by atoms with van der Waals surface area (Å²) in [6.45, 7) is 9.36. The molecule has 162 valence electrons. The molecule has 3 fully saturated rings. The van der Waals surface area contributed by atoms with Crippen molar-refractivity contribution in [1.29, 1.82) is 0 Å². The Kier molecular flexibility index (Phi) is 10.9. The van der Waals surface area contributed by atoms with Crippen LogP contribution < -0.4 is 10.6 Å². The number of carbonyl (C=O) groups excluding carboxylic acids is 1. The molecule has 2 heterocycles. The molecule has 2 saturated heterocycles. The van der Waals surface area contributed by atoms with Gasteiger partial charge in [-0.2, -0.15) is 0 Å². The molecular weight excluding hydrogens is 465 g/mol. The zero-order valence-electron chi connectivity index (χ0n) is 17.6. The highest BCUT2D eigenvalue weighted by molar-refractivity contribution is 14.0. The van der Waals surface area contributed by atoms with E-state index in [9.17, 15) is 4.79 Å². The SMILES string of the molecule is CCNC(=NCCCCN1CCCC1)NC1CCN(C(=O)C2CCCC2)C1.I. The van der Waals surface area contributed by atoms with Gasteiger partial charge in [0.2, 0.25) is 5.91 Å². The topological polar surface area (TPSA) is 60.0 Å². The monoisotopic (exact) mass is 505 g/mol. The van der Waals surface area contributed by atoms with Crippen LogP contribution in [0.15, 0.2) is 4.99 Å². The molecule has 0 radical (unpaired) electrons. The van der Waals surface area contributed by atoms with Crippen LogP contribution in [0.2, 0.25) is 0 Å². The number of nitrogens with one attached hydrogen (secondary N) is 2. The van der Waals surface area contributed by atoms with Crippen molar-refractivity contribution in [3.63, 3.8) is 0 Å². The summed E-state index contributed by atoms with van der Waals surface area (Å²) in [6.07, 6.45) is 10.8. The van der Waals surface area contributed by atoms with Crippen LogP contribution in [0.4, 0.5) is 0 Å². The van der Waals surface area contributed by atoms with Crippen molar-refractivity contribution in [1.82, 2.24) is 20.4 Å². The minimum absolute atomic E-state index is 0. The number of unbranched alkanes of at least 4 members (excludes halogenated alkanes) is 1. The van der Waals surface area contributed by atoms with E-state index in [0.29, 0.717) is 17.9 Å². The van der Waals surface area contributed by atoms with Crippen LogP contribution in [-0.4, -0.2) is 73.5 Å². The summed E-state index contributed by atoms with van der Waals surface area (Å²) >= 11 is 0. The molecule has 3 rings (SSSR count). The Morgan fingerprint density at radius 1 is 1.04 bits per heavy atom. The third-order valence-electron chi connectivity index (χ3n) is 6.24. The average molecular weight is 505 g/mol. The Bertz CT molecular complexity index is 489. The van der Waals surface area contributed by atoms with Gasteiger partial charge in [0, 0.05) is 38.1 Å². The lowest BCUT2D eigenvalue weighted by molar-refractivity contribution is -0.134. The third kappa shape index (κ3) is 7.35. The third-order valence-corrected chi connectivity index (χ3v) is 6.24. The fraction of sp³-hybridized carbons (Fsp3) is 0.905. The molecule has 2 aliphatic heterocycles. The summed E-state index contributed by atoms with van der Waals surface area (Å²) in [6, 6.07) is 0.331. The van der Waals surface area contributed by atoms with Gasteiger partial charge >= 0.3 is 0 Å². The van der Waals surface area contributed by atoms with Crippen molar-refractivity contribution >= 4 is 35.8 Å². The van der Waals surface area contributed by atoms with Gasteiger partial charge in [-0.15, -0.1) is 24.0 Å². The number of hydrogen-bond donors (Lipinski definition) is 2. The Balaban J connectivity index is 0.00000280. The number of amides is 1. The molecule has 28 heavy (non-hydrogen) atoms. The normalized spacial score (nSPS) is 23.8. The Morgan fingerprint density at radius 2 is 1.79 bits per heavy atom. The lowest BCUT2D eigenvalue weighted by Crippen LogP contribution is -2.45. The molecule has 0 spiro atoms. The Labute approximate surface area is 188 Å². The van der Waals surface area contributed by atoms with Crippen LogP contribution in [0.3, 0.4) is 0 Å². The fourth-order valence-electron chi connectivity index (χ4n) is 4.67. The number of hydrogen-bond acceptors (Lipinski definition) is 3. The van der Waals surface area contributed by atoms with Gasteiger partial charge in [0.15, 0.2) is 5.96 Å². The van der Waals surface area contributed by atoms with Gasteiger partial charge in [0.1, 0.15) is 0 Å². The second-order valence-electron chi connectivity index (χ2n) is 8.41. The van der Waals surface area contributed by atoms with Gasteiger partial charge in [-0.25, -0.2) is 0 Å². The zero-order chi connectivity index (χ0) is 18.9. The molecule has 1 amide bonds. The van der Waals surface area contributed by atoms with E-state index >= 15 is 0 Å². The van der Waals surface area contributed by atoms with Crippen LogP contribution in [0, 0.1) is 5.92 Å². The van der Waals surface area contributed by atoms with Gasteiger partial charge < -0.3 is 20.4 Å². The van der Waals surface area contributed by atoms with E-state index in [4.69, 9.17) is 4.99 Å². The number of guanidine groups is 1. The van der Waals surface area contributed by atoms with Crippen molar-refractivity contribution in [2.75, 3.05) is 45.8 Å². The maximum atomic E-state index is 12.6. The first-order valence-electron chi connectivity index (χ1n) is 11.3. The molecule has 0 aromatic heterocycles. The van der Waals surface area contributed by atoms with E-state index in [1.807, 2.05) is 0 Å². The minimum atomic E-state index is 0. The number of rotatable bonds is 8. The molecule has 1 aliphatic carbocycles. The smallest absolute Gasteiger partial charge is 0.225 e. The molecular formula is C21H40IN5O. The second kappa shape index (κ2) is 12.9. The second-order valence-corrected chi connectivity index (χ2v) is 8.41. The number of nitrogens with zero attached hydrogens (tertiary/aromatic N) is 3. The molecule has 6 nitrogen and oxygen atoms in total. The van der Waals surface area contributed by atoms with Crippen LogP contribution in [0.5, 0.6) is 0 Å². The van der Waals surface area contributed by atoms with Crippen LogP contribution in [0.1, 0.15) is 64.7 Å². The first-order valence-corrected chi connectivity index (χ1v) is 11.3. The first kappa shape index (κ1) is 23.7. The predicted octanol–water partition coefficient (Wildman–Crippen LogP) is 2.83. The average Bonchev–Trinajstić information content (AvgIpc) is 3.43. The Hall–Kier alpha value is -0.570. The summed E-state index contributed by atoms with van der Waals surface area (Å²) in [5.74, 6) is 1.60. The zero-order valence-corrected chi connectivity index (χ0v) is 20.0. The highest BCUT2D eigenvalue weighted by atomic mass is 127. The van der Waals surface area contributed by atoms with E-state index < -0.39 is 0 Å². The predicted molar refractivity (Wildman–Crippen MR) is 126 cm³/mol. The quantitative estimate of drug-likeness (QED) is 0.231. The molecule has 1 saturated carbocycles. The van der Waals surface area contributed by atoms with Crippen LogP contribution in [-0.2, 0) is 4.79 Å². The fourth-order valence-corrected chi connectivity index (χ4v) is 4.67.